The van der Waals surface area contributed by atoms with Gasteiger partial charge in [-0.1, -0.05) is 35.4 Å². The summed E-state index contributed by atoms with van der Waals surface area (Å²) < 4.78 is 1.53. The summed E-state index contributed by atoms with van der Waals surface area (Å²) in [5, 5.41) is 27.5. The van der Waals surface area contributed by atoms with Gasteiger partial charge in [0.25, 0.3) is 5.91 Å². The van der Waals surface area contributed by atoms with Gasteiger partial charge >= 0.3 is 0 Å². The van der Waals surface area contributed by atoms with Crippen LogP contribution in [0, 0.1) is 0 Å². The molecule has 0 fully saturated rings. The Bertz CT molecular complexity index is 996. The van der Waals surface area contributed by atoms with Crippen LogP contribution in [0.1, 0.15) is 18.5 Å². The number of carbonyl (C=O) groups excluding carboxylic acids is 1. The minimum absolute atomic E-state index is 0.108. The van der Waals surface area contributed by atoms with Gasteiger partial charge in [-0.05, 0) is 47.2 Å². The average Bonchev–Trinajstić information content (AvgIpc) is 3.09. The van der Waals surface area contributed by atoms with Crippen LogP contribution in [-0.4, -0.2) is 31.2 Å². The van der Waals surface area contributed by atoms with E-state index in [0.29, 0.717) is 28.5 Å². The van der Waals surface area contributed by atoms with Gasteiger partial charge in [-0.3, -0.25) is 4.79 Å². The Morgan fingerprint density at radius 1 is 1.19 bits per heavy atom. The number of fused-ring (bicyclic) bond motifs is 1. The van der Waals surface area contributed by atoms with Crippen molar-refractivity contribution in [1.82, 2.24) is 20.2 Å². The van der Waals surface area contributed by atoms with Gasteiger partial charge in [0, 0.05) is 11.4 Å². The highest BCUT2D eigenvalue weighted by Gasteiger charge is 2.34. The molecule has 1 aliphatic heterocycles. The molecule has 0 saturated carbocycles. The SMILES string of the molecule is CC1=C(C(=O)Nc2ccccc2)[C@@H](c2cccc(O)c2)n2nnnc2N1. The number of amides is 1. The van der Waals surface area contributed by atoms with E-state index in [1.165, 1.54) is 4.68 Å². The predicted octanol–water partition coefficient (Wildman–Crippen LogP) is 2.31. The van der Waals surface area contributed by atoms with Crippen LogP contribution in [0.3, 0.4) is 0 Å². The molecule has 0 aliphatic carbocycles. The van der Waals surface area contributed by atoms with Gasteiger partial charge in [0.1, 0.15) is 11.8 Å². The Labute approximate surface area is 149 Å². The molecule has 3 aromatic rings. The Balaban J connectivity index is 1.78. The number of carbonyl (C=O) groups is 1. The molecule has 0 unspecified atom stereocenters. The van der Waals surface area contributed by atoms with Crippen molar-refractivity contribution >= 4 is 17.5 Å². The van der Waals surface area contributed by atoms with Crippen molar-refractivity contribution in [2.75, 3.05) is 10.6 Å². The molecule has 1 atom stereocenters. The number of phenols is 1. The van der Waals surface area contributed by atoms with Crippen LogP contribution in [-0.2, 0) is 4.79 Å². The third-order valence-corrected chi connectivity index (χ3v) is 4.18. The lowest BCUT2D eigenvalue weighted by molar-refractivity contribution is -0.113. The van der Waals surface area contributed by atoms with Crippen molar-refractivity contribution in [2.45, 2.75) is 13.0 Å². The Hall–Kier alpha value is -3.68. The number of benzene rings is 2. The minimum Gasteiger partial charge on any atom is -0.508 e. The van der Waals surface area contributed by atoms with Crippen LogP contribution in [0.4, 0.5) is 11.6 Å². The fourth-order valence-electron chi connectivity index (χ4n) is 3.03. The second kappa shape index (κ2) is 6.32. The van der Waals surface area contributed by atoms with Gasteiger partial charge in [0.05, 0.1) is 5.57 Å². The number of hydrogen-bond donors (Lipinski definition) is 3. The normalized spacial score (nSPS) is 16.0. The lowest BCUT2D eigenvalue weighted by Gasteiger charge is -2.28. The van der Waals surface area contributed by atoms with Crippen LogP contribution in [0.25, 0.3) is 0 Å². The summed E-state index contributed by atoms with van der Waals surface area (Å²) in [5.74, 6) is 0.277. The number of aromatic hydroxyl groups is 1. The smallest absolute Gasteiger partial charge is 0.255 e. The predicted molar refractivity (Wildman–Crippen MR) is 95.5 cm³/mol. The van der Waals surface area contributed by atoms with Crippen LogP contribution in [0.2, 0.25) is 0 Å². The van der Waals surface area contributed by atoms with Crippen molar-refractivity contribution in [3.63, 3.8) is 0 Å². The van der Waals surface area contributed by atoms with Gasteiger partial charge in [0.2, 0.25) is 5.95 Å². The number of tetrazole rings is 1. The maximum atomic E-state index is 13.0. The first-order chi connectivity index (χ1) is 12.6. The molecule has 3 N–H and O–H groups in total. The highest BCUT2D eigenvalue weighted by molar-refractivity contribution is 6.06. The largest absolute Gasteiger partial charge is 0.508 e. The standard InChI is InChI=1S/C18H16N6O2/c1-11-15(17(26)20-13-7-3-2-4-8-13)16(12-6-5-9-14(25)10-12)24-18(19-11)21-22-23-24/h2-10,16,25H,1H3,(H,20,26)(H,19,21,23)/t16-/m1/s1. The zero-order chi connectivity index (χ0) is 18.1. The summed E-state index contributed by atoms with van der Waals surface area (Å²) in [6, 6.07) is 15.4. The highest BCUT2D eigenvalue weighted by Crippen LogP contribution is 2.35. The molecular formula is C18H16N6O2. The van der Waals surface area contributed by atoms with E-state index in [0.717, 1.165) is 0 Å². The number of rotatable bonds is 3. The second-order valence-corrected chi connectivity index (χ2v) is 5.93. The quantitative estimate of drug-likeness (QED) is 0.671. The Morgan fingerprint density at radius 2 is 2.00 bits per heavy atom. The molecule has 2 aromatic carbocycles. The molecule has 0 bridgehead atoms. The number of para-hydroxylation sites is 1. The first-order valence-corrected chi connectivity index (χ1v) is 8.04. The Morgan fingerprint density at radius 3 is 2.77 bits per heavy atom. The maximum absolute atomic E-state index is 13.0. The van der Waals surface area contributed by atoms with Crippen molar-refractivity contribution in [1.29, 1.82) is 0 Å². The lowest BCUT2D eigenvalue weighted by Crippen LogP contribution is -2.31. The van der Waals surface area contributed by atoms with E-state index in [-0.39, 0.29) is 11.7 Å². The van der Waals surface area contributed by atoms with E-state index in [1.807, 2.05) is 36.4 Å². The van der Waals surface area contributed by atoms with E-state index in [2.05, 4.69) is 26.2 Å². The number of allylic oxidation sites excluding steroid dienone is 1. The van der Waals surface area contributed by atoms with Gasteiger partial charge in [-0.15, -0.1) is 0 Å². The first kappa shape index (κ1) is 15.8. The van der Waals surface area contributed by atoms with Crippen LogP contribution >= 0.6 is 0 Å². The summed E-state index contributed by atoms with van der Waals surface area (Å²) in [5.41, 5.74) is 2.51. The first-order valence-electron chi connectivity index (χ1n) is 8.04. The second-order valence-electron chi connectivity index (χ2n) is 5.93. The van der Waals surface area contributed by atoms with Gasteiger partial charge in [-0.25, -0.2) is 0 Å². The molecule has 8 nitrogen and oxygen atoms in total. The fraction of sp³-hybridized carbons (Fsp3) is 0.111. The number of phenolic OH excluding ortho intramolecular Hbond substituents is 1. The van der Waals surface area contributed by atoms with E-state index in [1.54, 1.807) is 25.1 Å². The van der Waals surface area contributed by atoms with Crippen LogP contribution < -0.4 is 10.6 Å². The number of nitrogens with one attached hydrogen (secondary N) is 2. The molecular weight excluding hydrogens is 332 g/mol. The van der Waals surface area contributed by atoms with Crippen molar-refractivity contribution in [3.8, 4) is 5.75 Å². The lowest BCUT2D eigenvalue weighted by atomic mass is 9.95. The fourth-order valence-corrected chi connectivity index (χ4v) is 3.03. The third-order valence-electron chi connectivity index (χ3n) is 4.18. The topological polar surface area (TPSA) is 105 Å². The van der Waals surface area contributed by atoms with E-state index < -0.39 is 6.04 Å². The number of anilines is 2. The van der Waals surface area contributed by atoms with Crippen LogP contribution in [0.15, 0.2) is 65.9 Å². The zero-order valence-corrected chi connectivity index (χ0v) is 13.9. The third kappa shape index (κ3) is 2.77. The number of aromatic nitrogens is 4. The molecule has 8 heteroatoms. The molecule has 130 valence electrons. The van der Waals surface area contributed by atoms with Gasteiger partial charge in [-0.2, -0.15) is 4.68 Å². The Kier molecular flexibility index (Phi) is 3.85. The summed E-state index contributed by atoms with van der Waals surface area (Å²) in [6.07, 6.45) is 0. The molecule has 4 rings (SSSR count). The highest BCUT2D eigenvalue weighted by atomic mass is 16.3. The molecule has 26 heavy (non-hydrogen) atoms. The van der Waals surface area contributed by atoms with Crippen LogP contribution in [0.5, 0.6) is 5.75 Å². The number of nitrogens with zero attached hydrogens (tertiary/aromatic N) is 4. The summed E-state index contributed by atoms with van der Waals surface area (Å²) in [4.78, 5) is 13.0. The van der Waals surface area contributed by atoms with Crippen molar-refractivity contribution in [2.24, 2.45) is 0 Å². The van der Waals surface area contributed by atoms with Crippen molar-refractivity contribution in [3.05, 3.63) is 71.4 Å². The van der Waals surface area contributed by atoms with E-state index in [4.69, 9.17) is 0 Å². The zero-order valence-electron chi connectivity index (χ0n) is 13.9. The molecule has 1 aliphatic rings. The molecule has 0 spiro atoms. The van der Waals surface area contributed by atoms with Gasteiger partial charge < -0.3 is 15.7 Å². The number of hydrogen-bond acceptors (Lipinski definition) is 6. The van der Waals surface area contributed by atoms with E-state index >= 15 is 0 Å². The van der Waals surface area contributed by atoms with Crippen molar-refractivity contribution < 1.29 is 9.90 Å². The summed E-state index contributed by atoms with van der Waals surface area (Å²) in [6.45, 7) is 1.80. The van der Waals surface area contributed by atoms with E-state index in [9.17, 15) is 9.90 Å². The minimum atomic E-state index is -0.558. The molecule has 0 saturated heterocycles. The van der Waals surface area contributed by atoms with Gasteiger partial charge in [0.15, 0.2) is 0 Å². The summed E-state index contributed by atoms with van der Waals surface area (Å²) in [7, 11) is 0. The summed E-state index contributed by atoms with van der Waals surface area (Å²) >= 11 is 0. The molecule has 2 heterocycles. The average molecular weight is 348 g/mol. The maximum Gasteiger partial charge on any atom is 0.255 e. The monoisotopic (exact) mass is 348 g/mol. The molecule has 1 amide bonds. The molecule has 1 aromatic heterocycles. The molecule has 0 radical (unpaired) electrons.